The Morgan fingerprint density at radius 2 is 1.88 bits per heavy atom. The van der Waals surface area contributed by atoms with E-state index in [1.807, 2.05) is 32.9 Å². The molecule has 0 atom stereocenters. The average molecular weight is 328 g/mol. The summed E-state index contributed by atoms with van der Waals surface area (Å²) < 4.78 is 0. The van der Waals surface area contributed by atoms with Crippen molar-refractivity contribution in [2.24, 2.45) is 0 Å². The van der Waals surface area contributed by atoms with Crippen LogP contribution in [0.1, 0.15) is 63.5 Å². The summed E-state index contributed by atoms with van der Waals surface area (Å²) >= 11 is 0. The van der Waals surface area contributed by atoms with Gasteiger partial charge in [-0.25, -0.2) is 0 Å². The lowest BCUT2D eigenvalue weighted by Crippen LogP contribution is -2.45. The second kappa shape index (κ2) is 6.58. The number of nitrogens with one attached hydrogen (secondary N) is 1. The predicted molar refractivity (Wildman–Crippen MR) is 96.2 cm³/mol. The summed E-state index contributed by atoms with van der Waals surface area (Å²) in [6.45, 7) is 6.03. The first kappa shape index (κ1) is 17.0. The zero-order chi connectivity index (χ0) is 17.3. The van der Waals surface area contributed by atoms with Gasteiger partial charge in [0.2, 0.25) is 11.8 Å². The van der Waals surface area contributed by atoms with E-state index < -0.39 is 5.41 Å². The molecular formula is C20H28N2O2. The number of nitrogens with zero attached hydrogens (tertiary/aromatic N) is 1. The van der Waals surface area contributed by atoms with Crippen molar-refractivity contribution < 1.29 is 9.59 Å². The Hall–Kier alpha value is -1.84. The van der Waals surface area contributed by atoms with Crippen molar-refractivity contribution in [2.75, 3.05) is 11.4 Å². The third-order valence-corrected chi connectivity index (χ3v) is 5.42. The van der Waals surface area contributed by atoms with Gasteiger partial charge >= 0.3 is 0 Å². The minimum absolute atomic E-state index is 0.0131. The smallest absolute Gasteiger partial charge is 0.240 e. The van der Waals surface area contributed by atoms with Gasteiger partial charge in [-0.2, -0.15) is 0 Å². The molecule has 1 saturated carbocycles. The van der Waals surface area contributed by atoms with Crippen molar-refractivity contribution >= 4 is 17.5 Å². The van der Waals surface area contributed by atoms with E-state index in [-0.39, 0.29) is 24.4 Å². The molecule has 1 aromatic rings. The molecular weight excluding hydrogens is 300 g/mol. The quantitative estimate of drug-likeness (QED) is 0.864. The van der Waals surface area contributed by atoms with E-state index in [0.717, 1.165) is 29.7 Å². The maximum atomic E-state index is 12.8. The number of aryl methyl sites for hydroxylation is 1. The van der Waals surface area contributed by atoms with Gasteiger partial charge < -0.3 is 10.2 Å². The van der Waals surface area contributed by atoms with E-state index in [4.69, 9.17) is 0 Å². The Kier molecular flexibility index (Phi) is 4.66. The van der Waals surface area contributed by atoms with E-state index in [2.05, 4.69) is 11.4 Å². The summed E-state index contributed by atoms with van der Waals surface area (Å²) in [6.07, 6.45) is 7.00. The van der Waals surface area contributed by atoms with Crippen LogP contribution in [0.4, 0.5) is 5.69 Å². The Morgan fingerprint density at radius 3 is 2.54 bits per heavy atom. The summed E-state index contributed by atoms with van der Waals surface area (Å²) in [7, 11) is 0. The summed E-state index contributed by atoms with van der Waals surface area (Å²) in [4.78, 5) is 27.0. The highest BCUT2D eigenvalue weighted by Gasteiger charge is 2.44. The third kappa shape index (κ3) is 3.19. The first-order valence-electron chi connectivity index (χ1n) is 9.12. The van der Waals surface area contributed by atoms with Crippen molar-refractivity contribution in [2.45, 2.75) is 70.8 Å². The van der Waals surface area contributed by atoms with Gasteiger partial charge in [0.05, 0.1) is 5.41 Å². The number of rotatable bonds is 3. The molecule has 3 rings (SSSR count). The van der Waals surface area contributed by atoms with E-state index in [9.17, 15) is 9.59 Å². The number of amides is 2. The largest absolute Gasteiger partial charge is 0.352 e. The standard InChI is InChI=1S/C20H28N2O2/c1-14-10-11-17-16(12-14)20(2,3)19(24)22(17)13-18(23)21-15-8-6-4-5-7-9-15/h10-12,15H,4-9,13H2,1-3H3,(H,21,23). The molecule has 2 amide bonds. The summed E-state index contributed by atoms with van der Waals surface area (Å²) in [5.74, 6) is -0.0291. The highest BCUT2D eigenvalue weighted by Crippen LogP contribution is 2.41. The van der Waals surface area contributed by atoms with E-state index in [1.165, 1.54) is 25.7 Å². The fraction of sp³-hybridized carbons (Fsp3) is 0.600. The van der Waals surface area contributed by atoms with Gasteiger partial charge in [0.25, 0.3) is 0 Å². The molecule has 1 heterocycles. The average Bonchev–Trinajstić information content (AvgIpc) is 2.73. The number of hydrogen-bond acceptors (Lipinski definition) is 2. The second-order valence-electron chi connectivity index (χ2n) is 7.79. The Balaban J connectivity index is 1.73. The van der Waals surface area contributed by atoms with Gasteiger partial charge in [-0.15, -0.1) is 0 Å². The Morgan fingerprint density at radius 1 is 1.21 bits per heavy atom. The molecule has 0 spiro atoms. The fourth-order valence-electron chi connectivity index (χ4n) is 3.95. The lowest BCUT2D eigenvalue weighted by Gasteiger charge is -2.22. The summed E-state index contributed by atoms with van der Waals surface area (Å²) in [6, 6.07) is 6.30. The van der Waals surface area contributed by atoms with Crippen molar-refractivity contribution in [3.63, 3.8) is 0 Å². The molecule has 4 nitrogen and oxygen atoms in total. The molecule has 130 valence electrons. The van der Waals surface area contributed by atoms with Crippen LogP contribution in [-0.4, -0.2) is 24.4 Å². The highest BCUT2D eigenvalue weighted by atomic mass is 16.2. The maximum absolute atomic E-state index is 12.8. The van der Waals surface area contributed by atoms with Crippen molar-refractivity contribution in [1.82, 2.24) is 5.32 Å². The molecule has 24 heavy (non-hydrogen) atoms. The maximum Gasteiger partial charge on any atom is 0.240 e. The minimum Gasteiger partial charge on any atom is -0.352 e. The first-order valence-corrected chi connectivity index (χ1v) is 9.12. The van der Waals surface area contributed by atoms with Gasteiger partial charge in [-0.1, -0.05) is 43.4 Å². The summed E-state index contributed by atoms with van der Waals surface area (Å²) in [5.41, 5.74) is 2.48. The summed E-state index contributed by atoms with van der Waals surface area (Å²) in [5, 5.41) is 3.14. The molecule has 1 aliphatic heterocycles. The van der Waals surface area contributed by atoms with Gasteiger partial charge in [0.15, 0.2) is 0 Å². The highest BCUT2D eigenvalue weighted by molar-refractivity contribution is 6.10. The molecule has 0 radical (unpaired) electrons. The van der Waals surface area contributed by atoms with Crippen molar-refractivity contribution in [1.29, 1.82) is 0 Å². The fourth-order valence-corrected chi connectivity index (χ4v) is 3.95. The molecule has 0 saturated heterocycles. The SMILES string of the molecule is Cc1ccc2c(c1)C(C)(C)C(=O)N2CC(=O)NC1CCCCCC1. The first-order chi connectivity index (χ1) is 11.4. The number of carbonyl (C=O) groups excluding carboxylic acids is 2. The van der Waals surface area contributed by atoms with Crippen molar-refractivity contribution in [3.05, 3.63) is 29.3 Å². The minimum atomic E-state index is -0.566. The van der Waals surface area contributed by atoms with Crippen LogP contribution in [0.5, 0.6) is 0 Å². The van der Waals surface area contributed by atoms with Crippen molar-refractivity contribution in [3.8, 4) is 0 Å². The lowest BCUT2D eigenvalue weighted by molar-refractivity contribution is -0.125. The molecule has 1 N–H and O–H groups in total. The van der Waals surface area contributed by atoms with Crippen LogP contribution < -0.4 is 10.2 Å². The van der Waals surface area contributed by atoms with Crippen LogP contribution in [0.3, 0.4) is 0 Å². The van der Waals surface area contributed by atoms with Gasteiger partial charge in [0, 0.05) is 11.7 Å². The van der Waals surface area contributed by atoms with Crippen LogP contribution in [0.15, 0.2) is 18.2 Å². The van der Waals surface area contributed by atoms with Crippen LogP contribution in [-0.2, 0) is 15.0 Å². The zero-order valence-corrected chi connectivity index (χ0v) is 15.0. The number of benzene rings is 1. The number of carbonyl (C=O) groups is 2. The Labute approximate surface area is 144 Å². The number of fused-ring (bicyclic) bond motifs is 1. The monoisotopic (exact) mass is 328 g/mol. The molecule has 0 bridgehead atoms. The zero-order valence-electron chi connectivity index (χ0n) is 15.0. The molecule has 0 aromatic heterocycles. The van der Waals surface area contributed by atoms with Crippen LogP contribution in [0, 0.1) is 6.92 Å². The lowest BCUT2D eigenvalue weighted by atomic mass is 9.85. The molecule has 1 aliphatic carbocycles. The van der Waals surface area contributed by atoms with Gasteiger partial charge in [-0.05, 0) is 45.2 Å². The van der Waals surface area contributed by atoms with Gasteiger partial charge in [0.1, 0.15) is 6.54 Å². The Bertz CT molecular complexity index is 643. The molecule has 0 unspecified atom stereocenters. The second-order valence-corrected chi connectivity index (χ2v) is 7.79. The molecule has 1 fully saturated rings. The normalized spacial score (nSPS) is 20.6. The van der Waals surface area contributed by atoms with Crippen LogP contribution in [0.2, 0.25) is 0 Å². The van der Waals surface area contributed by atoms with Crippen LogP contribution >= 0.6 is 0 Å². The van der Waals surface area contributed by atoms with Gasteiger partial charge in [-0.3, -0.25) is 9.59 Å². The molecule has 4 heteroatoms. The number of hydrogen-bond donors (Lipinski definition) is 1. The molecule has 1 aromatic carbocycles. The van der Waals surface area contributed by atoms with Crippen LogP contribution in [0.25, 0.3) is 0 Å². The van der Waals surface area contributed by atoms with E-state index in [1.54, 1.807) is 4.90 Å². The van der Waals surface area contributed by atoms with E-state index >= 15 is 0 Å². The predicted octanol–water partition coefficient (Wildman–Crippen LogP) is 3.46. The molecule has 2 aliphatic rings. The third-order valence-electron chi connectivity index (χ3n) is 5.42. The topological polar surface area (TPSA) is 49.4 Å². The van der Waals surface area contributed by atoms with E-state index in [0.29, 0.717) is 0 Å². The number of anilines is 1.